The molecule has 0 saturated heterocycles. The number of amides is 1. The van der Waals surface area contributed by atoms with Crippen LogP contribution >= 0.6 is 0 Å². The molecule has 1 aromatic carbocycles. The summed E-state index contributed by atoms with van der Waals surface area (Å²) in [5.41, 5.74) is 1.96. The van der Waals surface area contributed by atoms with Gasteiger partial charge in [0.15, 0.2) is 0 Å². The van der Waals surface area contributed by atoms with Gasteiger partial charge in [0.25, 0.3) is 5.91 Å². The highest BCUT2D eigenvalue weighted by molar-refractivity contribution is 5.93. The largest absolute Gasteiger partial charge is 0.285 e. The maximum absolute atomic E-state index is 11.6. The van der Waals surface area contributed by atoms with Crippen LogP contribution in [0.25, 0.3) is 11.3 Å². The van der Waals surface area contributed by atoms with Crippen molar-refractivity contribution in [3.8, 4) is 11.3 Å². The zero-order valence-electron chi connectivity index (χ0n) is 10.1. The van der Waals surface area contributed by atoms with Crippen molar-refractivity contribution in [2.75, 3.05) is 0 Å². The topological polar surface area (TPSA) is 58.1 Å². The first-order valence-electron chi connectivity index (χ1n) is 5.52. The summed E-state index contributed by atoms with van der Waals surface area (Å²) >= 11 is 0. The minimum atomic E-state index is -0.333. The van der Waals surface area contributed by atoms with E-state index < -0.39 is 0 Å². The predicted molar refractivity (Wildman–Crippen MR) is 69.4 cm³/mol. The van der Waals surface area contributed by atoms with Gasteiger partial charge in [-0.2, -0.15) is 5.10 Å². The smallest absolute Gasteiger partial charge is 0.272 e. The second-order valence-electron chi connectivity index (χ2n) is 3.87. The van der Waals surface area contributed by atoms with Crippen molar-refractivity contribution in [3.05, 3.63) is 60.1 Å². The molecule has 2 aromatic rings. The number of rotatable bonds is 2. The van der Waals surface area contributed by atoms with Gasteiger partial charge in [-0.3, -0.25) is 9.89 Å². The van der Waals surface area contributed by atoms with E-state index in [1.165, 1.54) is 0 Å². The van der Waals surface area contributed by atoms with Crippen LogP contribution < -0.4 is 5.36 Å². The highest BCUT2D eigenvalue weighted by Crippen LogP contribution is 2.10. The highest BCUT2D eigenvalue weighted by atomic mass is 16.1. The summed E-state index contributed by atoms with van der Waals surface area (Å²) in [7, 11) is 0. The second-order valence-corrected chi connectivity index (χ2v) is 3.87. The molecule has 0 spiro atoms. The van der Waals surface area contributed by atoms with Crippen molar-refractivity contribution in [2.24, 2.45) is 4.99 Å². The summed E-state index contributed by atoms with van der Waals surface area (Å²) in [6, 6.07) is 11.3. The number of hydrogen-bond donors (Lipinski definition) is 1. The minimum Gasteiger partial charge on any atom is -0.285 e. The Kier molecular flexibility index (Phi) is 3.48. The number of aromatic amines is 1. The number of nitrogens with zero attached hydrogens (tertiary/aromatic N) is 2. The van der Waals surface area contributed by atoms with Crippen LogP contribution in [-0.4, -0.2) is 16.1 Å². The lowest BCUT2D eigenvalue weighted by atomic mass is 10.1. The third kappa shape index (κ3) is 2.60. The number of benzene rings is 1. The van der Waals surface area contributed by atoms with Gasteiger partial charge in [0.2, 0.25) is 0 Å². The van der Waals surface area contributed by atoms with Crippen molar-refractivity contribution in [1.82, 2.24) is 10.2 Å². The highest BCUT2D eigenvalue weighted by Gasteiger charge is 2.04. The fraction of sp³-hybridized carbons (Fsp3) is 0.0714. The molecular formula is C14H13N3O. The standard InChI is InChI=1S/C14H13N3O/c1-10(2)14(18)16-12-8-9-15-17-13(12)11-6-4-3-5-7-11/h3-9H,1H2,2H3,(H,15,16,18). The third-order valence-electron chi connectivity index (χ3n) is 2.37. The van der Waals surface area contributed by atoms with Crippen molar-refractivity contribution in [3.63, 3.8) is 0 Å². The summed E-state index contributed by atoms with van der Waals surface area (Å²) < 4.78 is 0. The molecule has 0 bridgehead atoms. The van der Waals surface area contributed by atoms with Crippen molar-refractivity contribution in [2.45, 2.75) is 6.92 Å². The molecule has 0 aliphatic heterocycles. The molecule has 0 aliphatic carbocycles. The van der Waals surface area contributed by atoms with E-state index in [2.05, 4.69) is 21.8 Å². The molecule has 18 heavy (non-hydrogen) atoms. The molecule has 1 amide bonds. The Morgan fingerprint density at radius 1 is 1.28 bits per heavy atom. The van der Waals surface area contributed by atoms with E-state index in [1.807, 2.05) is 30.3 Å². The van der Waals surface area contributed by atoms with E-state index in [4.69, 9.17) is 0 Å². The zero-order valence-corrected chi connectivity index (χ0v) is 10.1. The Bertz CT molecular complexity index is 641. The van der Waals surface area contributed by atoms with E-state index in [0.29, 0.717) is 16.6 Å². The van der Waals surface area contributed by atoms with Crippen LogP contribution in [0.3, 0.4) is 0 Å². The summed E-state index contributed by atoms with van der Waals surface area (Å²) in [6.45, 7) is 5.22. The number of nitrogens with one attached hydrogen (secondary N) is 1. The summed E-state index contributed by atoms with van der Waals surface area (Å²) in [6.07, 6.45) is 1.64. The number of carbonyl (C=O) groups excluding carboxylic acids is 1. The molecule has 90 valence electrons. The fourth-order valence-corrected chi connectivity index (χ4v) is 1.46. The van der Waals surface area contributed by atoms with E-state index >= 15 is 0 Å². The molecule has 4 heteroatoms. The van der Waals surface area contributed by atoms with Crippen molar-refractivity contribution < 1.29 is 4.79 Å². The quantitative estimate of drug-likeness (QED) is 0.816. The molecule has 0 radical (unpaired) electrons. The third-order valence-corrected chi connectivity index (χ3v) is 2.37. The number of H-pyrrole nitrogens is 1. The number of aromatic nitrogens is 2. The first-order valence-corrected chi connectivity index (χ1v) is 5.52. The number of hydrogen-bond acceptors (Lipinski definition) is 2. The van der Waals surface area contributed by atoms with Gasteiger partial charge in [-0.1, -0.05) is 36.9 Å². The Morgan fingerprint density at radius 2 is 2.00 bits per heavy atom. The van der Waals surface area contributed by atoms with E-state index in [1.54, 1.807) is 19.2 Å². The number of carbonyl (C=O) groups is 1. The molecule has 2 rings (SSSR count). The predicted octanol–water partition coefficient (Wildman–Crippen LogP) is 2.08. The van der Waals surface area contributed by atoms with Crippen LogP contribution in [0.1, 0.15) is 6.92 Å². The van der Waals surface area contributed by atoms with Crippen LogP contribution in [-0.2, 0) is 4.79 Å². The average Bonchev–Trinajstić information content (AvgIpc) is 2.40. The summed E-state index contributed by atoms with van der Waals surface area (Å²) in [4.78, 5) is 15.6. The van der Waals surface area contributed by atoms with Gasteiger partial charge in [-0.05, 0) is 13.0 Å². The fourth-order valence-electron chi connectivity index (χ4n) is 1.46. The second kappa shape index (κ2) is 5.23. The van der Waals surface area contributed by atoms with Crippen molar-refractivity contribution >= 4 is 5.91 Å². The van der Waals surface area contributed by atoms with Crippen LogP contribution in [0.2, 0.25) is 0 Å². The molecule has 0 atom stereocenters. The van der Waals surface area contributed by atoms with Gasteiger partial charge >= 0.3 is 0 Å². The molecule has 1 heterocycles. The monoisotopic (exact) mass is 239 g/mol. The Hall–Kier alpha value is -2.49. The molecule has 0 aliphatic rings. The minimum absolute atomic E-state index is 0.333. The Labute approximate surface area is 105 Å². The lowest BCUT2D eigenvalue weighted by Gasteiger charge is -2.00. The summed E-state index contributed by atoms with van der Waals surface area (Å²) in [5, 5.41) is 7.45. The molecule has 0 saturated carbocycles. The lowest BCUT2D eigenvalue weighted by molar-refractivity contribution is -0.114. The van der Waals surface area contributed by atoms with Gasteiger partial charge in [0.1, 0.15) is 5.69 Å². The maximum atomic E-state index is 11.6. The molecule has 0 fully saturated rings. The molecular weight excluding hydrogens is 226 g/mol. The van der Waals surface area contributed by atoms with Gasteiger partial charge in [0, 0.05) is 17.3 Å². The van der Waals surface area contributed by atoms with Gasteiger partial charge in [-0.15, -0.1) is 0 Å². The Balaban J connectivity index is 2.57. The van der Waals surface area contributed by atoms with E-state index in [-0.39, 0.29) is 5.91 Å². The van der Waals surface area contributed by atoms with Gasteiger partial charge in [-0.25, -0.2) is 4.99 Å². The Morgan fingerprint density at radius 3 is 2.67 bits per heavy atom. The summed E-state index contributed by atoms with van der Waals surface area (Å²) in [5.74, 6) is -0.333. The lowest BCUT2D eigenvalue weighted by Crippen LogP contribution is -2.12. The van der Waals surface area contributed by atoms with Crippen molar-refractivity contribution in [1.29, 1.82) is 0 Å². The van der Waals surface area contributed by atoms with Crippen LogP contribution in [0.4, 0.5) is 0 Å². The van der Waals surface area contributed by atoms with Crippen LogP contribution in [0.15, 0.2) is 59.7 Å². The van der Waals surface area contributed by atoms with E-state index in [0.717, 1.165) is 5.56 Å². The molecule has 4 nitrogen and oxygen atoms in total. The average molecular weight is 239 g/mol. The zero-order chi connectivity index (χ0) is 13.0. The normalized spacial score (nSPS) is 11.3. The molecule has 1 aromatic heterocycles. The first-order chi connectivity index (χ1) is 8.68. The van der Waals surface area contributed by atoms with Crippen LogP contribution in [0.5, 0.6) is 0 Å². The van der Waals surface area contributed by atoms with Gasteiger partial charge in [0.05, 0.1) is 5.36 Å². The van der Waals surface area contributed by atoms with Gasteiger partial charge < -0.3 is 0 Å². The SMILES string of the molecule is C=C(C)C(=O)N=c1cc[nH]nc1-c1ccccc1. The maximum Gasteiger partial charge on any atom is 0.272 e. The molecule has 1 N–H and O–H groups in total. The first kappa shape index (κ1) is 12.0. The van der Waals surface area contributed by atoms with E-state index in [9.17, 15) is 4.79 Å². The molecule has 0 unspecified atom stereocenters. The van der Waals surface area contributed by atoms with Crippen LogP contribution in [0, 0.1) is 0 Å².